The van der Waals surface area contributed by atoms with Crippen molar-refractivity contribution in [3.05, 3.63) is 59.7 Å². The standard InChI is InChI=1S/C17H15NO4/c19-16(20)11-18-9-8-12-10-14(6-7-15(12)17(18)21)22-13-4-2-1-3-5-13/h1-7,10H,8-9,11H2,(H,19,20). The van der Waals surface area contributed by atoms with Crippen molar-refractivity contribution in [2.45, 2.75) is 6.42 Å². The van der Waals surface area contributed by atoms with E-state index >= 15 is 0 Å². The molecule has 0 aromatic heterocycles. The van der Waals surface area contributed by atoms with Gasteiger partial charge in [0, 0.05) is 12.1 Å². The number of carboxylic acids is 1. The lowest BCUT2D eigenvalue weighted by atomic mass is 9.98. The molecule has 0 saturated carbocycles. The highest BCUT2D eigenvalue weighted by Gasteiger charge is 2.26. The summed E-state index contributed by atoms with van der Waals surface area (Å²) in [6.07, 6.45) is 0.625. The van der Waals surface area contributed by atoms with Crippen molar-refractivity contribution >= 4 is 11.9 Å². The molecule has 1 heterocycles. The van der Waals surface area contributed by atoms with E-state index in [-0.39, 0.29) is 12.5 Å². The van der Waals surface area contributed by atoms with Crippen LogP contribution in [-0.2, 0) is 11.2 Å². The second-order valence-corrected chi connectivity index (χ2v) is 5.10. The molecule has 5 heteroatoms. The summed E-state index contributed by atoms with van der Waals surface area (Å²) < 4.78 is 5.75. The van der Waals surface area contributed by atoms with Gasteiger partial charge in [-0.2, -0.15) is 0 Å². The summed E-state index contributed by atoms with van der Waals surface area (Å²) >= 11 is 0. The van der Waals surface area contributed by atoms with Crippen LogP contribution in [0.25, 0.3) is 0 Å². The van der Waals surface area contributed by atoms with Gasteiger partial charge in [-0.05, 0) is 42.3 Å². The summed E-state index contributed by atoms with van der Waals surface area (Å²) in [5.74, 6) is 0.164. The Balaban J connectivity index is 1.81. The SMILES string of the molecule is O=C(O)CN1CCc2cc(Oc3ccccc3)ccc2C1=O. The smallest absolute Gasteiger partial charge is 0.323 e. The minimum Gasteiger partial charge on any atom is -0.480 e. The van der Waals surface area contributed by atoms with Gasteiger partial charge in [0.15, 0.2) is 0 Å². The molecule has 1 amide bonds. The number of carbonyl (C=O) groups excluding carboxylic acids is 1. The van der Waals surface area contributed by atoms with Gasteiger partial charge in [-0.15, -0.1) is 0 Å². The van der Waals surface area contributed by atoms with Crippen LogP contribution in [0.1, 0.15) is 15.9 Å². The molecule has 1 aliphatic heterocycles. The number of fused-ring (bicyclic) bond motifs is 1. The lowest BCUT2D eigenvalue weighted by Gasteiger charge is -2.27. The molecule has 2 aromatic carbocycles. The third kappa shape index (κ3) is 2.93. The van der Waals surface area contributed by atoms with E-state index in [0.29, 0.717) is 24.3 Å². The van der Waals surface area contributed by atoms with Crippen LogP contribution < -0.4 is 4.74 Å². The van der Waals surface area contributed by atoms with E-state index in [4.69, 9.17) is 9.84 Å². The molecule has 0 atom stereocenters. The first-order valence-electron chi connectivity index (χ1n) is 7.00. The van der Waals surface area contributed by atoms with Gasteiger partial charge in [0.1, 0.15) is 18.0 Å². The van der Waals surface area contributed by atoms with Crippen LogP contribution in [0.15, 0.2) is 48.5 Å². The van der Waals surface area contributed by atoms with Crippen LogP contribution in [-0.4, -0.2) is 35.0 Å². The molecule has 1 aliphatic rings. The first-order valence-corrected chi connectivity index (χ1v) is 7.00. The van der Waals surface area contributed by atoms with E-state index in [1.807, 2.05) is 36.4 Å². The second-order valence-electron chi connectivity index (χ2n) is 5.10. The van der Waals surface area contributed by atoms with Gasteiger partial charge in [0.05, 0.1) is 0 Å². The number of rotatable bonds is 4. The molecule has 5 nitrogen and oxygen atoms in total. The number of para-hydroxylation sites is 1. The zero-order chi connectivity index (χ0) is 15.5. The molecule has 0 unspecified atom stereocenters. The lowest BCUT2D eigenvalue weighted by molar-refractivity contribution is -0.137. The molecule has 0 radical (unpaired) electrons. The van der Waals surface area contributed by atoms with Crippen molar-refractivity contribution in [3.63, 3.8) is 0 Å². The molecular formula is C17H15NO4. The Morgan fingerprint density at radius 3 is 2.64 bits per heavy atom. The maximum Gasteiger partial charge on any atom is 0.323 e. The van der Waals surface area contributed by atoms with Crippen molar-refractivity contribution in [2.24, 2.45) is 0 Å². The predicted octanol–water partition coefficient (Wildman–Crippen LogP) is 2.56. The number of hydrogen-bond acceptors (Lipinski definition) is 3. The Hall–Kier alpha value is -2.82. The highest BCUT2D eigenvalue weighted by molar-refractivity contribution is 5.98. The molecule has 3 rings (SSSR count). The molecule has 112 valence electrons. The first-order chi connectivity index (χ1) is 10.6. The summed E-state index contributed by atoms with van der Waals surface area (Å²) in [5, 5.41) is 8.83. The Morgan fingerprint density at radius 2 is 1.91 bits per heavy atom. The molecule has 0 bridgehead atoms. The maximum atomic E-state index is 12.2. The van der Waals surface area contributed by atoms with E-state index in [0.717, 1.165) is 11.3 Å². The normalized spacial score (nSPS) is 13.6. The Morgan fingerprint density at radius 1 is 1.14 bits per heavy atom. The van der Waals surface area contributed by atoms with Crippen LogP contribution in [0.3, 0.4) is 0 Å². The van der Waals surface area contributed by atoms with Crippen LogP contribution in [0, 0.1) is 0 Å². The van der Waals surface area contributed by atoms with E-state index in [1.165, 1.54) is 4.90 Å². The fraction of sp³-hybridized carbons (Fsp3) is 0.176. The average Bonchev–Trinajstić information content (AvgIpc) is 2.51. The number of carboxylic acid groups (broad SMARTS) is 1. The average molecular weight is 297 g/mol. The molecule has 1 N–H and O–H groups in total. The van der Waals surface area contributed by atoms with E-state index in [9.17, 15) is 9.59 Å². The summed E-state index contributed by atoms with van der Waals surface area (Å²) in [5.41, 5.74) is 1.44. The van der Waals surface area contributed by atoms with Crippen molar-refractivity contribution in [1.82, 2.24) is 4.90 Å². The molecule has 0 spiro atoms. The zero-order valence-electron chi connectivity index (χ0n) is 11.9. The third-order valence-electron chi connectivity index (χ3n) is 3.55. The second kappa shape index (κ2) is 5.89. The van der Waals surface area contributed by atoms with Crippen LogP contribution in [0.2, 0.25) is 0 Å². The largest absolute Gasteiger partial charge is 0.480 e. The monoisotopic (exact) mass is 297 g/mol. The van der Waals surface area contributed by atoms with Gasteiger partial charge < -0.3 is 14.7 Å². The van der Waals surface area contributed by atoms with E-state index in [1.54, 1.807) is 12.1 Å². The van der Waals surface area contributed by atoms with Gasteiger partial charge in [0.25, 0.3) is 5.91 Å². The summed E-state index contributed by atoms with van der Waals surface area (Å²) in [6, 6.07) is 14.7. The lowest BCUT2D eigenvalue weighted by Crippen LogP contribution is -2.40. The molecule has 0 aliphatic carbocycles. The Kier molecular flexibility index (Phi) is 3.78. The number of aliphatic carboxylic acids is 1. The zero-order valence-corrected chi connectivity index (χ0v) is 11.9. The number of carbonyl (C=O) groups is 2. The summed E-state index contributed by atoms with van der Waals surface area (Å²) in [7, 11) is 0. The topological polar surface area (TPSA) is 66.8 Å². The van der Waals surface area contributed by atoms with Crippen LogP contribution in [0.5, 0.6) is 11.5 Å². The third-order valence-corrected chi connectivity index (χ3v) is 3.55. The highest BCUT2D eigenvalue weighted by Crippen LogP contribution is 2.27. The number of nitrogens with zero attached hydrogens (tertiary/aromatic N) is 1. The van der Waals surface area contributed by atoms with Crippen LogP contribution >= 0.6 is 0 Å². The van der Waals surface area contributed by atoms with E-state index in [2.05, 4.69) is 0 Å². The maximum absolute atomic E-state index is 12.2. The van der Waals surface area contributed by atoms with Gasteiger partial charge in [-0.25, -0.2) is 0 Å². The number of benzene rings is 2. The highest BCUT2D eigenvalue weighted by atomic mass is 16.5. The van der Waals surface area contributed by atoms with Crippen molar-refractivity contribution in [3.8, 4) is 11.5 Å². The number of amides is 1. The predicted molar refractivity (Wildman–Crippen MR) is 80.2 cm³/mol. The Labute approximate surface area is 127 Å². The van der Waals surface area contributed by atoms with E-state index < -0.39 is 5.97 Å². The van der Waals surface area contributed by atoms with Crippen LogP contribution in [0.4, 0.5) is 0 Å². The van der Waals surface area contributed by atoms with Gasteiger partial charge >= 0.3 is 5.97 Å². The molecule has 2 aromatic rings. The molecular weight excluding hydrogens is 282 g/mol. The molecule has 22 heavy (non-hydrogen) atoms. The number of ether oxygens (including phenoxy) is 1. The minimum absolute atomic E-state index is 0.241. The van der Waals surface area contributed by atoms with Gasteiger partial charge in [0.2, 0.25) is 0 Å². The minimum atomic E-state index is -0.999. The summed E-state index contributed by atoms with van der Waals surface area (Å²) in [4.78, 5) is 24.4. The van der Waals surface area contributed by atoms with Crippen molar-refractivity contribution in [1.29, 1.82) is 0 Å². The first kappa shape index (κ1) is 14.1. The van der Waals surface area contributed by atoms with Crippen molar-refractivity contribution < 1.29 is 19.4 Å². The fourth-order valence-electron chi connectivity index (χ4n) is 2.52. The van der Waals surface area contributed by atoms with Gasteiger partial charge in [-0.1, -0.05) is 18.2 Å². The molecule has 0 saturated heterocycles. The Bertz CT molecular complexity index is 712. The fourth-order valence-corrected chi connectivity index (χ4v) is 2.52. The number of hydrogen-bond donors (Lipinski definition) is 1. The molecule has 0 fully saturated rings. The van der Waals surface area contributed by atoms with Gasteiger partial charge in [-0.3, -0.25) is 9.59 Å². The van der Waals surface area contributed by atoms with Crippen molar-refractivity contribution in [2.75, 3.05) is 13.1 Å². The quantitative estimate of drug-likeness (QED) is 0.942. The summed E-state index contributed by atoms with van der Waals surface area (Å²) in [6.45, 7) is 0.146.